The molecule has 0 saturated carbocycles. The third-order valence-electron chi connectivity index (χ3n) is 2.11. The molecule has 0 aliphatic rings. The third-order valence-corrected chi connectivity index (χ3v) is 2.11. The van der Waals surface area contributed by atoms with Crippen LogP contribution in [0.3, 0.4) is 0 Å². The topological polar surface area (TPSA) is 77.8 Å². The average molecular weight is 210 g/mol. The van der Waals surface area contributed by atoms with Crippen LogP contribution in [0.5, 0.6) is 5.75 Å². The Morgan fingerprint density at radius 3 is 2.40 bits per heavy atom. The van der Waals surface area contributed by atoms with Crippen LogP contribution in [-0.4, -0.2) is 27.4 Å². The number of hydrogen-bond donors (Lipinski definition) is 3. The number of benzene rings is 1. The smallest absolute Gasteiger partial charge is 0.305 e. The molecule has 1 unspecified atom stereocenters. The first-order valence-corrected chi connectivity index (χ1v) is 4.75. The summed E-state index contributed by atoms with van der Waals surface area (Å²) < 4.78 is 0. The van der Waals surface area contributed by atoms with Crippen LogP contribution in [0.25, 0.3) is 0 Å². The van der Waals surface area contributed by atoms with E-state index in [1.54, 1.807) is 24.3 Å². The van der Waals surface area contributed by atoms with Gasteiger partial charge >= 0.3 is 5.97 Å². The summed E-state index contributed by atoms with van der Waals surface area (Å²) in [6.45, 7) is 0. The van der Waals surface area contributed by atoms with Gasteiger partial charge in [-0.05, 0) is 30.5 Å². The van der Waals surface area contributed by atoms with Crippen molar-refractivity contribution in [3.63, 3.8) is 0 Å². The Balaban J connectivity index is 2.36. The predicted molar refractivity (Wildman–Crippen MR) is 54.7 cm³/mol. The number of rotatable bonds is 5. The molecule has 3 N–H and O–H groups in total. The van der Waals surface area contributed by atoms with E-state index < -0.39 is 12.1 Å². The third kappa shape index (κ3) is 4.46. The second kappa shape index (κ2) is 5.36. The van der Waals surface area contributed by atoms with E-state index in [0.29, 0.717) is 12.8 Å². The summed E-state index contributed by atoms with van der Waals surface area (Å²) in [5, 5.41) is 26.8. The molecule has 0 aliphatic heterocycles. The van der Waals surface area contributed by atoms with Gasteiger partial charge in [0.05, 0.1) is 12.5 Å². The van der Waals surface area contributed by atoms with E-state index in [9.17, 15) is 9.90 Å². The molecule has 0 aliphatic carbocycles. The number of carboxylic acid groups (broad SMARTS) is 1. The van der Waals surface area contributed by atoms with Crippen molar-refractivity contribution >= 4 is 5.97 Å². The Morgan fingerprint density at radius 2 is 1.87 bits per heavy atom. The van der Waals surface area contributed by atoms with E-state index in [4.69, 9.17) is 10.2 Å². The fraction of sp³-hybridized carbons (Fsp3) is 0.364. The van der Waals surface area contributed by atoms with Crippen LogP contribution in [0.4, 0.5) is 0 Å². The number of carboxylic acids is 1. The highest BCUT2D eigenvalue weighted by atomic mass is 16.4. The normalized spacial score (nSPS) is 12.3. The van der Waals surface area contributed by atoms with Crippen molar-refractivity contribution in [3.8, 4) is 5.75 Å². The van der Waals surface area contributed by atoms with Crippen molar-refractivity contribution in [2.45, 2.75) is 25.4 Å². The average Bonchev–Trinajstić information content (AvgIpc) is 2.16. The predicted octanol–water partition coefficient (Wildman–Crippen LogP) is 1.16. The van der Waals surface area contributed by atoms with Crippen LogP contribution in [0.2, 0.25) is 0 Å². The maximum atomic E-state index is 10.3. The van der Waals surface area contributed by atoms with Gasteiger partial charge in [-0.2, -0.15) is 0 Å². The van der Waals surface area contributed by atoms with Crippen molar-refractivity contribution in [3.05, 3.63) is 29.8 Å². The maximum Gasteiger partial charge on any atom is 0.305 e. The van der Waals surface area contributed by atoms with Crippen molar-refractivity contribution < 1.29 is 20.1 Å². The van der Waals surface area contributed by atoms with Crippen molar-refractivity contribution in [2.24, 2.45) is 0 Å². The fourth-order valence-corrected chi connectivity index (χ4v) is 1.30. The van der Waals surface area contributed by atoms with Crippen LogP contribution in [0.1, 0.15) is 18.4 Å². The molecule has 4 nitrogen and oxygen atoms in total. The number of phenols is 1. The summed E-state index contributed by atoms with van der Waals surface area (Å²) in [6.07, 6.45) is -0.0135. The zero-order valence-electron chi connectivity index (χ0n) is 8.26. The number of hydrogen-bond acceptors (Lipinski definition) is 3. The lowest BCUT2D eigenvalue weighted by atomic mass is 10.1. The van der Waals surface area contributed by atoms with Crippen molar-refractivity contribution in [1.82, 2.24) is 0 Å². The highest BCUT2D eigenvalue weighted by Gasteiger charge is 2.09. The van der Waals surface area contributed by atoms with Crippen LogP contribution in [0, 0.1) is 0 Å². The van der Waals surface area contributed by atoms with Gasteiger partial charge in [0.2, 0.25) is 0 Å². The van der Waals surface area contributed by atoms with Crippen LogP contribution >= 0.6 is 0 Å². The summed E-state index contributed by atoms with van der Waals surface area (Å²) in [5.41, 5.74) is 0.970. The second-order valence-electron chi connectivity index (χ2n) is 3.46. The number of aryl methyl sites for hydroxylation is 1. The molecule has 1 aromatic carbocycles. The van der Waals surface area contributed by atoms with Crippen LogP contribution in [-0.2, 0) is 11.2 Å². The van der Waals surface area contributed by atoms with Gasteiger partial charge in [-0.3, -0.25) is 4.79 Å². The summed E-state index contributed by atoms with van der Waals surface area (Å²) in [6, 6.07) is 6.64. The van der Waals surface area contributed by atoms with E-state index in [2.05, 4.69) is 0 Å². The minimum atomic E-state index is -0.992. The Morgan fingerprint density at radius 1 is 1.27 bits per heavy atom. The molecule has 0 bridgehead atoms. The van der Waals surface area contributed by atoms with Crippen LogP contribution in [0.15, 0.2) is 24.3 Å². The summed E-state index contributed by atoms with van der Waals surface area (Å²) in [4.78, 5) is 10.3. The van der Waals surface area contributed by atoms with E-state index in [1.807, 2.05) is 0 Å². The second-order valence-corrected chi connectivity index (χ2v) is 3.46. The molecule has 0 heterocycles. The van der Waals surface area contributed by atoms with Gasteiger partial charge in [-0.15, -0.1) is 0 Å². The van der Waals surface area contributed by atoms with Crippen LogP contribution < -0.4 is 0 Å². The Hall–Kier alpha value is -1.55. The lowest BCUT2D eigenvalue weighted by Crippen LogP contribution is -2.13. The molecule has 0 radical (unpaired) electrons. The number of phenolic OH excluding ortho intramolecular Hbond substituents is 1. The Labute approximate surface area is 87.8 Å². The lowest BCUT2D eigenvalue weighted by Gasteiger charge is -2.07. The zero-order chi connectivity index (χ0) is 11.3. The maximum absolute atomic E-state index is 10.3. The van der Waals surface area contributed by atoms with Gasteiger partial charge in [0, 0.05) is 0 Å². The number of aliphatic hydroxyl groups excluding tert-OH is 1. The minimum Gasteiger partial charge on any atom is -0.508 e. The SMILES string of the molecule is O=C(O)CC(O)CCc1ccc(O)cc1. The first kappa shape index (κ1) is 11.5. The monoisotopic (exact) mass is 210 g/mol. The lowest BCUT2D eigenvalue weighted by molar-refractivity contribution is -0.139. The zero-order valence-corrected chi connectivity index (χ0v) is 8.26. The van der Waals surface area contributed by atoms with Gasteiger partial charge in [0.25, 0.3) is 0 Å². The largest absolute Gasteiger partial charge is 0.508 e. The molecule has 0 amide bonds. The first-order chi connectivity index (χ1) is 7.08. The molecule has 0 spiro atoms. The summed E-state index contributed by atoms with van der Waals surface area (Å²) >= 11 is 0. The molecule has 0 aromatic heterocycles. The molecular weight excluding hydrogens is 196 g/mol. The van der Waals surface area contributed by atoms with E-state index >= 15 is 0 Å². The van der Waals surface area contributed by atoms with Gasteiger partial charge in [0.15, 0.2) is 0 Å². The number of aromatic hydroxyl groups is 1. The van der Waals surface area contributed by atoms with E-state index in [0.717, 1.165) is 5.56 Å². The molecule has 4 heteroatoms. The van der Waals surface area contributed by atoms with E-state index in [1.165, 1.54) is 0 Å². The first-order valence-electron chi connectivity index (χ1n) is 4.75. The number of carbonyl (C=O) groups is 1. The molecular formula is C11H14O4. The molecule has 1 atom stereocenters. The molecule has 0 fully saturated rings. The standard InChI is InChI=1S/C11H14O4/c12-9-4-1-8(2-5-9)3-6-10(13)7-11(14)15/h1-2,4-5,10,12-13H,3,6-7H2,(H,14,15). The van der Waals surface area contributed by atoms with Gasteiger partial charge in [-0.1, -0.05) is 12.1 Å². The quantitative estimate of drug-likeness (QED) is 0.681. The molecule has 15 heavy (non-hydrogen) atoms. The summed E-state index contributed by atoms with van der Waals surface area (Å²) in [5.74, 6) is -0.793. The molecule has 1 aromatic rings. The summed E-state index contributed by atoms with van der Waals surface area (Å²) in [7, 11) is 0. The van der Waals surface area contributed by atoms with Crippen molar-refractivity contribution in [1.29, 1.82) is 0 Å². The molecule has 82 valence electrons. The van der Waals surface area contributed by atoms with Crippen molar-refractivity contribution in [2.75, 3.05) is 0 Å². The Kier molecular flexibility index (Phi) is 4.12. The number of aliphatic carboxylic acids is 1. The van der Waals surface area contributed by atoms with Gasteiger partial charge < -0.3 is 15.3 Å². The highest BCUT2D eigenvalue weighted by molar-refractivity contribution is 5.67. The molecule has 0 saturated heterocycles. The minimum absolute atomic E-state index is 0.199. The van der Waals surface area contributed by atoms with Gasteiger partial charge in [0.1, 0.15) is 5.75 Å². The Bertz CT molecular complexity index is 318. The molecule has 1 rings (SSSR count). The van der Waals surface area contributed by atoms with Gasteiger partial charge in [-0.25, -0.2) is 0 Å². The highest BCUT2D eigenvalue weighted by Crippen LogP contribution is 2.12. The number of aliphatic hydroxyl groups is 1. The fourth-order valence-electron chi connectivity index (χ4n) is 1.30. The van der Waals surface area contributed by atoms with E-state index in [-0.39, 0.29) is 12.2 Å².